The molecule has 0 bridgehead atoms. The van der Waals surface area contributed by atoms with E-state index in [9.17, 15) is 18.0 Å². The van der Waals surface area contributed by atoms with Gasteiger partial charge in [0.1, 0.15) is 17.6 Å². The van der Waals surface area contributed by atoms with Crippen LogP contribution in [0.1, 0.15) is 34.1 Å². The first kappa shape index (κ1) is 26.3. The minimum absolute atomic E-state index is 0.0179. The van der Waals surface area contributed by atoms with E-state index >= 15 is 4.39 Å². The van der Waals surface area contributed by atoms with Crippen LogP contribution >= 0.6 is 0 Å². The molecule has 1 saturated heterocycles. The summed E-state index contributed by atoms with van der Waals surface area (Å²) >= 11 is 0. The number of hydrogen-bond donors (Lipinski definition) is 2. The topological polar surface area (TPSA) is 133 Å². The number of aromatic nitrogens is 7. The maximum atomic E-state index is 15.1. The molecule has 0 radical (unpaired) electrons. The smallest absolute Gasteiger partial charge is 0.419 e. The Morgan fingerprint density at radius 3 is 2.51 bits per heavy atom. The highest BCUT2D eigenvalue weighted by molar-refractivity contribution is 5.82. The van der Waals surface area contributed by atoms with E-state index in [2.05, 4.69) is 46.0 Å². The van der Waals surface area contributed by atoms with Crippen LogP contribution in [0.3, 0.4) is 0 Å². The van der Waals surface area contributed by atoms with Crippen LogP contribution in [0.4, 0.5) is 23.5 Å². The molecule has 1 aliphatic heterocycles. The number of benzene rings is 1. The fourth-order valence-electron chi connectivity index (χ4n) is 4.42. The third-order valence-electron chi connectivity index (χ3n) is 5.77. The van der Waals surface area contributed by atoms with Gasteiger partial charge in [0, 0.05) is 22.2 Å². The maximum Gasteiger partial charge on any atom is 0.491 e. The molecule has 3 aromatic rings. The van der Waals surface area contributed by atoms with Crippen molar-refractivity contribution in [3.63, 3.8) is 0 Å². The van der Waals surface area contributed by atoms with Crippen LogP contribution < -0.4 is 15.4 Å². The number of carbonyl (C=O) groups is 1. The van der Waals surface area contributed by atoms with Gasteiger partial charge in [-0.2, -0.15) is 18.0 Å². The highest BCUT2D eigenvalue weighted by Gasteiger charge is 2.46. The first-order chi connectivity index (χ1) is 17.1. The van der Waals surface area contributed by atoms with Crippen molar-refractivity contribution in [1.29, 1.82) is 0 Å². The van der Waals surface area contributed by atoms with Gasteiger partial charge >= 0.3 is 12.1 Å². The molecule has 15 heteroatoms. The first-order valence-corrected chi connectivity index (χ1v) is 11.2. The zero-order chi connectivity index (χ0) is 27.2. The number of aryl methyl sites for hydroxylation is 1. The maximum absolute atomic E-state index is 15.1. The van der Waals surface area contributed by atoms with Crippen molar-refractivity contribution in [2.24, 2.45) is 7.05 Å². The van der Waals surface area contributed by atoms with Gasteiger partial charge in [-0.3, -0.25) is 0 Å². The molecule has 0 aliphatic carbocycles. The van der Waals surface area contributed by atoms with Crippen molar-refractivity contribution in [1.82, 2.24) is 40.7 Å². The number of alkyl halides is 4. The van der Waals surface area contributed by atoms with Gasteiger partial charge in [0.15, 0.2) is 0 Å². The van der Waals surface area contributed by atoms with Crippen molar-refractivity contribution >= 4 is 11.9 Å². The Hall–Kier alpha value is -3.75. The molecule has 2 aromatic heterocycles. The van der Waals surface area contributed by atoms with E-state index in [1.165, 1.54) is 30.2 Å². The number of nitrogens with one attached hydrogen (secondary N) is 2. The van der Waals surface area contributed by atoms with E-state index < -0.39 is 35.6 Å². The van der Waals surface area contributed by atoms with Gasteiger partial charge in [0.05, 0.1) is 19.3 Å². The number of halogens is 4. The lowest BCUT2D eigenvalue weighted by Gasteiger charge is -2.48. The molecule has 0 spiro atoms. The van der Waals surface area contributed by atoms with Gasteiger partial charge in [0.2, 0.25) is 11.8 Å². The molecule has 11 nitrogen and oxygen atoms in total. The molecular formula is C22H25F4N9O2. The average molecular weight is 523 g/mol. The lowest BCUT2D eigenvalue weighted by molar-refractivity contribution is -0.189. The van der Waals surface area contributed by atoms with Crippen LogP contribution in [-0.2, 0) is 11.8 Å². The molecule has 0 unspecified atom stereocenters. The summed E-state index contributed by atoms with van der Waals surface area (Å²) in [4.78, 5) is 16.9. The molecule has 1 aromatic carbocycles. The second-order valence-corrected chi connectivity index (χ2v) is 9.96. The quantitative estimate of drug-likeness (QED) is 0.292. The Balaban J connectivity index is 1.62. The summed E-state index contributed by atoms with van der Waals surface area (Å²) in [7, 11) is 1.52. The van der Waals surface area contributed by atoms with Gasteiger partial charge < -0.3 is 15.4 Å². The Morgan fingerprint density at radius 1 is 1.19 bits per heavy atom. The van der Waals surface area contributed by atoms with Crippen LogP contribution in [0.15, 0.2) is 24.4 Å². The molecule has 0 amide bonds. The third-order valence-corrected chi connectivity index (χ3v) is 5.77. The third kappa shape index (κ3) is 5.81. The lowest BCUT2D eigenvalue weighted by atomic mass is 9.78. The molecule has 0 saturated carbocycles. The number of tetrazole rings is 1. The predicted octanol–water partition coefficient (Wildman–Crippen LogP) is 2.87. The van der Waals surface area contributed by atoms with Crippen molar-refractivity contribution in [2.75, 3.05) is 5.32 Å². The summed E-state index contributed by atoms with van der Waals surface area (Å²) in [5.41, 5.74) is -0.856. The summed E-state index contributed by atoms with van der Waals surface area (Å²) in [6.07, 6.45) is -4.81. The number of hydrogen-bond acceptors (Lipinski definition) is 10. The van der Waals surface area contributed by atoms with Gasteiger partial charge in [-0.15, -0.1) is 20.4 Å². The van der Waals surface area contributed by atoms with E-state index in [1.807, 2.05) is 13.8 Å². The molecule has 4 rings (SSSR count). The molecule has 198 valence electrons. The summed E-state index contributed by atoms with van der Waals surface area (Å²) in [5.74, 6) is -2.72. The molecule has 2 atom stereocenters. The van der Waals surface area contributed by atoms with Crippen LogP contribution in [0.5, 0.6) is 5.75 Å². The zero-order valence-corrected chi connectivity index (χ0v) is 20.6. The number of carbonyl (C=O) groups excluding carboxylic acids is 1. The van der Waals surface area contributed by atoms with E-state index in [0.717, 1.165) is 6.07 Å². The Bertz CT molecular complexity index is 1290. The standard InChI is InChI=1S/C22H25F4N9O2/c1-20(2)9-13(16(23)21(3,4)33-20)28-19-27-10-14(29-31-19)12-7-6-11(17-30-34-35(5)32-17)8-15(12)37-18(36)22(24,25)26/h6-8,10,13,16,33H,9H2,1-5H3,(H,27,28,31)/t13-,16-/m0/s1. The molecule has 37 heavy (non-hydrogen) atoms. The Kier molecular flexibility index (Phi) is 6.60. The van der Waals surface area contributed by atoms with Gasteiger partial charge in [-0.05, 0) is 51.5 Å². The number of nitrogens with zero attached hydrogens (tertiary/aromatic N) is 7. The van der Waals surface area contributed by atoms with E-state index in [1.54, 1.807) is 13.8 Å². The fourth-order valence-corrected chi connectivity index (χ4v) is 4.42. The number of piperidine rings is 1. The van der Waals surface area contributed by atoms with Crippen molar-refractivity contribution in [3.05, 3.63) is 24.4 Å². The zero-order valence-electron chi connectivity index (χ0n) is 20.6. The fraction of sp³-hybridized carbons (Fsp3) is 0.500. The summed E-state index contributed by atoms with van der Waals surface area (Å²) in [5, 5.41) is 25.7. The minimum atomic E-state index is -5.23. The SMILES string of the molecule is Cn1nnc(-c2ccc(-c3cnc(N[C@H]4CC(C)(C)NC(C)(C)[C@H]4F)nn3)c(OC(=O)C(F)(F)F)c2)n1. The van der Waals surface area contributed by atoms with E-state index in [0.29, 0.717) is 6.42 Å². The number of rotatable bonds is 5. The van der Waals surface area contributed by atoms with Crippen LogP contribution in [-0.4, -0.2) is 70.8 Å². The second kappa shape index (κ2) is 9.28. The van der Waals surface area contributed by atoms with Crippen molar-refractivity contribution in [3.8, 4) is 28.4 Å². The van der Waals surface area contributed by atoms with Crippen molar-refractivity contribution in [2.45, 2.75) is 63.6 Å². The van der Waals surface area contributed by atoms with Crippen LogP contribution in [0, 0.1) is 0 Å². The van der Waals surface area contributed by atoms with E-state index in [4.69, 9.17) is 0 Å². The number of anilines is 1. The van der Waals surface area contributed by atoms with Gasteiger partial charge in [-0.1, -0.05) is 6.07 Å². The number of ether oxygens (including phenoxy) is 1. The lowest BCUT2D eigenvalue weighted by Crippen LogP contribution is -2.67. The highest BCUT2D eigenvalue weighted by atomic mass is 19.4. The molecule has 2 N–H and O–H groups in total. The largest absolute Gasteiger partial charge is 0.491 e. The number of esters is 1. The summed E-state index contributed by atoms with van der Waals surface area (Å²) in [6, 6.07) is 3.43. The predicted molar refractivity (Wildman–Crippen MR) is 123 cm³/mol. The van der Waals surface area contributed by atoms with E-state index in [-0.39, 0.29) is 34.1 Å². The monoisotopic (exact) mass is 523 g/mol. The molecule has 1 fully saturated rings. The molecule has 1 aliphatic rings. The first-order valence-electron chi connectivity index (χ1n) is 11.2. The Labute approximate surface area is 209 Å². The minimum Gasteiger partial charge on any atom is -0.419 e. The normalized spacial score (nSPS) is 20.9. The Morgan fingerprint density at radius 2 is 1.92 bits per heavy atom. The average Bonchev–Trinajstić information content (AvgIpc) is 3.22. The van der Waals surface area contributed by atoms with Gasteiger partial charge in [0.25, 0.3) is 0 Å². The van der Waals surface area contributed by atoms with Crippen LogP contribution in [0.2, 0.25) is 0 Å². The van der Waals surface area contributed by atoms with Crippen molar-refractivity contribution < 1.29 is 27.1 Å². The van der Waals surface area contributed by atoms with Crippen LogP contribution in [0.25, 0.3) is 22.6 Å². The summed E-state index contributed by atoms with van der Waals surface area (Å²) in [6.45, 7) is 7.45. The van der Waals surface area contributed by atoms with Gasteiger partial charge in [-0.25, -0.2) is 14.2 Å². The molecular weight excluding hydrogens is 498 g/mol. The second-order valence-electron chi connectivity index (χ2n) is 9.96. The highest BCUT2D eigenvalue weighted by Crippen LogP contribution is 2.35. The summed E-state index contributed by atoms with van der Waals surface area (Å²) < 4.78 is 58.5. The molecule has 3 heterocycles.